The largest absolute Gasteiger partial charge is 0.454 e. The molecule has 5 aromatic rings. The third kappa shape index (κ3) is 3.18. The Hall–Kier alpha value is -3.46. The molecule has 2 aromatic heterocycles. The van der Waals surface area contributed by atoms with Crippen molar-refractivity contribution in [2.24, 2.45) is 12.5 Å². The molecule has 0 saturated carbocycles. The fraction of sp³-hybridized carbons (Fsp3) is 0.258. The van der Waals surface area contributed by atoms with Crippen molar-refractivity contribution in [3.8, 4) is 22.4 Å². The molecule has 34 heavy (non-hydrogen) atoms. The summed E-state index contributed by atoms with van der Waals surface area (Å²) in [6.45, 7) is 2.55. The molecular weight excluding hydrogens is 421 g/mol. The minimum absolute atomic E-state index is 0.0726. The number of hydrogen-bond acceptors (Lipinski definition) is 1. The van der Waals surface area contributed by atoms with E-state index in [1.165, 1.54) is 30.5 Å². The van der Waals surface area contributed by atoms with Crippen LogP contribution >= 0.6 is 0 Å². The van der Waals surface area contributed by atoms with Crippen LogP contribution in [0.4, 0.5) is 4.39 Å². The number of furan rings is 1. The number of rotatable bonds is 2. The highest BCUT2D eigenvalue weighted by Gasteiger charge is 2.29. The van der Waals surface area contributed by atoms with Crippen molar-refractivity contribution in [1.82, 2.24) is 0 Å². The third-order valence-electron chi connectivity index (χ3n) is 6.49. The van der Waals surface area contributed by atoms with Crippen LogP contribution in [0.25, 0.3) is 44.3 Å². The number of nitrogens with zero attached hydrogens (tertiary/aromatic N) is 1. The Morgan fingerprint density at radius 2 is 1.74 bits per heavy atom. The fourth-order valence-corrected chi connectivity index (χ4v) is 4.98. The van der Waals surface area contributed by atoms with Gasteiger partial charge in [-0.15, -0.1) is 0 Å². The highest BCUT2D eigenvalue weighted by Crippen LogP contribution is 2.43. The van der Waals surface area contributed by atoms with Gasteiger partial charge in [0, 0.05) is 32.0 Å². The zero-order chi connectivity index (χ0) is 30.7. The van der Waals surface area contributed by atoms with Gasteiger partial charge in [-0.05, 0) is 72.4 Å². The molecule has 0 radical (unpaired) electrons. The Bertz CT molecular complexity index is 1960. The molecule has 1 aliphatic rings. The zero-order valence-corrected chi connectivity index (χ0v) is 19.4. The van der Waals surface area contributed by atoms with Gasteiger partial charge in [-0.2, -0.15) is 0 Å². The Labute approximate surface area is 210 Å². The van der Waals surface area contributed by atoms with Gasteiger partial charge in [0.25, 0.3) is 0 Å². The monoisotopic (exact) mass is 458 g/mol. The van der Waals surface area contributed by atoms with E-state index in [0.29, 0.717) is 33.2 Å². The van der Waals surface area contributed by atoms with E-state index in [1.54, 1.807) is 37.6 Å². The Kier molecular flexibility index (Phi) is 3.00. The van der Waals surface area contributed by atoms with E-state index >= 15 is 4.39 Å². The number of halogens is 1. The Balaban J connectivity index is 1.62. The van der Waals surface area contributed by atoms with Gasteiger partial charge in [0.15, 0.2) is 6.20 Å². The third-order valence-corrected chi connectivity index (χ3v) is 6.49. The smallest absolute Gasteiger partial charge is 0.216 e. The highest BCUT2D eigenvalue weighted by molar-refractivity contribution is 6.13. The summed E-state index contributed by atoms with van der Waals surface area (Å²) in [4.78, 5) is 0. The lowest BCUT2D eigenvalue weighted by atomic mass is 9.90. The van der Waals surface area contributed by atoms with Crippen LogP contribution in [0.15, 0.2) is 65.2 Å². The molecular formula is C31H29FNO+. The quantitative estimate of drug-likeness (QED) is 0.249. The SMILES string of the molecule is [2H]c1cc(-c2c(C)ccc3c2oc2c(-c4ccc5c(c4)C([2H])([2H])C(C)(C)C5([2H])[2H])c(F)ccc23)[n+](C)cc1C([2H])([2H])[2H]. The van der Waals surface area contributed by atoms with Crippen molar-refractivity contribution < 1.29 is 24.3 Å². The molecule has 0 aliphatic heterocycles. The molecule has 0 N–H and O–H groups in total. The van der Waals surface area contributed by atoms with Gasteiger partial charge in [-0.3, -0.25) is 0 Å². The molecule has 0 fully saturated rings. The van der Waals surface area contributed by atoms with E-state index in [9.17, 15) is 0 Å². The van der Waals surface area contributed by atoms with Gasteiger partial charge >= 0.3 is 0 Å². The summed E-state index contributed by atoms with van der Waals surface area (Å²) >= 11 is 0. The molecule has 1 aliphatic carbocycles. The van der Waals surface area contributed by atoms with Crippen LogP contribution in [0.2, 0.25) is 0 Å². The first-order valence-corrected chi connectivity index (χ1v) is 11.2. The first kappa shape index (κ1) is 14.1. The van der Waals surface area contributed by atoms with Crippen LogP contribution < -0.4 is 4.57 Å². The van der Waals surface area contributed by atoms with Gasteiger partial charge < -0.3 is 4.42 Å². The van der Waals surface area contributed by atoms with Gasteiger partial charge in [0.1, 0.15) is 24.0 Å². The molecule has 3 aromatic carbocycles. The summed E-state index contributed by atoms with van der Waals surface area (Å²) in [6, 6.07) is 12.8. The van der Waals surface area contributed by atoms with Crippen LogP contribution in [0.5, 0.6) is 0 Å². The molecule has 0 bridgehead atoms. The van der Waals surface area contributed by atoms with Crippen LogP contribution in [0.1, 0.15) is 47.1 Å². The maximum absolute atomic E-state index is 15.6. The molecule has 0 unspecified atom stereocenters. The molecule has 0 atom stereocenters. The van der Waals surface area contributed by atoms with E-state index < -0.39 is 30.8 Å². The Morgan fingerprint density at radius 1 is 1.00 bits per heavy atom. The normalized spacial score (nSPS) is 21.6. The Morgan fingerprint density at radius 3 is 2.53 bits per heavy atom. The second-order valence-electron chi connectivity index (χ2n) is 9.50. The maximum atomic E-state index is 15.6. The van der Waals surface area contributed by atoms with Crippen molar-refractivity contribution in [3.63, 3.8) is 0 Å². The van der Waals surface area contributed by atoms with Gasteiger partial charge in [0.2, 0.25) is 5.69 Å². The minimum atomic E-state index is -2.44. The number of pyridine rings is 1. The zero-order valence-electron chi connectivity index (χ0n) is 27.4. The highest BCUT2D eigenvalue weighted by atomic mass is 19.1. The van der Waals surface area contributed by atoms with E-state index in [4.69, 9.17) is 15.4 Å². The van der Waals surface area contributed by atoms with Crippen LogP contribution in [0, 0.1) is 25.0 Å². The summed E-state index contributed by atoms with van der Waals surface area (Å²) in [5.41, 5.74) is 2.24. The summed E-state index contributed by atoms with van der Waals surface area (Å²) in [5.74, 6) is -0.568. The van der Waals surface area contributed by atoms with Crippen LogP contribution in [-0.2, 0) is 19.8 Å². The van der Waals surface area contributed by atoms with E-state index in [1.807, 2.05) is 19.1 Å². The van der Waals surface area contributed by atoms with Crippen molar-refractivity contribution >= 4 is 21.9 Å². The second-order valence-corrected chi connectivity index (χ2v) is 9.50. The van der Waals surface area contributed by atoms with Crippen molar-refractivity contribution in [1.29, 1.82) is 0 Å². The predicted octanol–water partition coefficient (Wildman–Crippen LogP) is 7.63. The number of benzene rings is 3. The van der Waals surface area contributed by atoms with E-state index in [0.717, 1.165) is 5.56 Å². The van der Waals surface area contributed by atoms with Crippen LogP contribution in [-0.4, -0.2) is 0 Å². The molecule has 2 nitrogen and oxygen atoms in total. The fourth-order valence-electron chi connectivity index (χ4n) is 4.98. The molecule has 0 spiro atoms. The number of aromatic nitrogens is 1. The van der Waals surface area contributed by atoms with Crippen molar-refractivity contribution in [2.45, 2.75) is 40.4 Å². The van der Waals surface area contributed by atoms with E-state index in [-0.39, 0.29) is 33.9 Å². The van der Waals surface area contributed by atoms with Gasteiger partial charge in [-0.1, -0.05) is 44.2 Å². The standard InChI is InChI=1S/C31H29FNO/c1-18-6-13-26(33(5)17-18)27-19(2)7-10-23-24-11-12-25(32)28(30(24)34-29(23)27)20-8-9-21-15-31(3,4)16-22(21)14-20/h6-14,17H,15-16H2,1-5H3/q+1/i1D3,6D,15D2,16D2. The number of hydrogen-bond donors (Lipinski definition) is 0. The minimum Gasteiger partial charge on any atom is -0.454 e. The lowest BCUT2D eigenvalue weighted by Gasteiger charge is -2.14. The summed E-state index contributed by atoms with van der Waals surface area (Å²) in [7, 11) is 1.70. The molecule has 2 heterocycles. The topological polar surface area (TPSA) is 17.0 Å². The molecule has 0 saturated heterocycles. The van der Waals surface area contributed by atoms with Crippen molar-refractivity contribution in [3.05, 3.63) is 88.8 Å². The molecule has 6 rings (SSSR count). The van der Waals surface area contributed by atoms with E-state index in [2.05, 4.69) is 0 Å². The maximum Gasteiger partial charge on any atom is 0.216 e. The lowest BCUT2D eigenvalue weighted by Crippen LogP contribution is -2.31. The lowest BCUT2D eigenvalue weighted by molar-refractivity contribution is -0.660. The van der Waals surface area contributed by atoms with Crippen LogP contribution in [0.3, 0.4) is 0 Å². The molecule has 0 amide bonds. The first-order chi connectivity index (χ1) is 19.4. The number of fused-ring (bicyclic) bond motifs is 4. The summed E-state index contributed by atoms with van der Waals surface area (Å²) < 4.78 is 90.3. The molecule has 170 valence electrons. The first-order valence-electron chi connectivity index (χ1n) is 15.2. The predicted molar refractivity (Wildman–Crippen MR) is 136 cm³/mol. The van der Waals surface area contributed by atoms with Gasteiger partial charge in [-0.25, -0.2) is 8.96 Å². The second kappa shape index (κ2) is 7.27. The summed E-state index contributed by atoms with van der Waals surface area (Å²) in [6.07, 6.45) is -2.51. The molecule has 3 heteroatoms. The average Bonchev–Trinajstić information content (AvgIpc) is 3.30. The van der Waals surface area contributed by atoms with Gasteiger partial charge in [0.05, 0.1) is 12.5 Å². The number of aryl methyl sites for hydroxylation is 3. The average molecular weight is 459 g/mol. The van der Waals surface area contributed by atoms with Crippen molar-refractivity contribution in [2.75, 3.05) is 0 Å². The summed E-state index contributed by atoms with van der Waals surface area (Å²) in [5, 5.41) is 1.34.